The molecule has 120 valence electrons. The Kier molecular flexibility index (Phi) is 5.31. The van der Waals surface area contributed by atoms with Crippen LogP contribution in [0.4, 0.5) is 0 Å². The second-order valence-electron chi connectivity index (χ2n) is 5.71. The fourth-order valence-electron chi connectivity index (χ4n) is 2.02. The summed E-state index contributed by atoms with van der Waals surface area (Å²) in [4.78, 5) is 4.11. The fraction of sp³-hybridized carbons (Fsp3) is 0.467. The van der Waals surface area contributed by atoms with Gasteiger partial charge in [0.05, 0.1) is 12.4 Å². The molecule has 1 N–H and O–H groups in total. The maximum Gasteiger partial charge on any atom is 0.226 e. The Balaban J connectivity index is 2.02. The summed E-state index contributed by atoms with van der Waals surface area (Å²) in [5, 5.41) is 12.7. The first kappa shape index (κ1) is 16.6. The van der Waals surface area contributed by atoms with Crippen LogP contribution in [0.1, 0.15) is 36.7 Å². The summed E-state index contributed by atoms with van der Waals surface area (Å²) in [6.45, 7) is 3.99. The van der Waals surface area contributed by atoms with Crippen molar-refractivity contribution in [3.05, 3.63) is 47.1 Å². The van der Waals surface area contributed by atoms with E-state index in [1.165, 1.54) is 0 Å². The van der Waals surface area contributed by atoms with Crippen molar-refractivity contribution in [1.29, 1.82) is 0 Å². The van der Waals surface area contributed by atoms with Crippen molar-refractivity contribution in [3.63, 3.8) is 0 Å². The van der Waals surface area contributed by atoms with Crippen LogP contribution in [-0.2, 0) is 34.4 Å². The van der Waals surface area contributed by atoms with Gasteiger partial charge in [0.15, 0.2) is 15.7 Å². The summed E-state index contributed by atoms with van der Waals surface area (Å²) in [6, 6.07) is 6.81. The molecule has 22 heavy (non-hydrogen) atoms. The van der Waals surface area contributed by atoms with Gasteiger partial charge in [-0.05, 0) is 17.0 Å². The lowest BCUT2D eigenvalue weighted by Crippen LogP contribution is -2.09. The molecule has 1 heterocycles. The molecule has 1 aromatic carbocycles. The predicted molar refractivity (Wildman–Crippen MR) is 81.5 cm³/mol. The summed E-state index contributed by atoms with van der Waals surface area (Å²) in [5.74, 6) is 0.702. The molecule has 0 atom stereocenters. The highest BCUT2D eigenvalue weighted by molar-refractivity contribution is 7.89. The summed E-state index contributed by atoms with van der Waals surface area (Å²) >= 11 is 0. The number of benzene rings is 1. The summed E-state index contributed by atoms with van der Waals surface area (Å²) in [6.07, 6.45) is 0.635. The Hall–Kier alpha value is -1.73. The topological polar surface area (TPSA) is 93.3 Å². The Labute approximate surface area is 130 Å². The van der Waals surface area contributed by atoms with Gasteiger partial charge < -0.3 is 9.63 Å². The third kappa shape index (κ3) is 4.92. The number of aromatic nitrogens is 2. The maximum absolute atomic E-state index is 12.2. The molecule has 0 radical (unpaired) electrons. The number of rotatable bonds is 7. The average molecular weight is 324 g/mol. The summed E-state index contributed by atoms with van der Waals surface area (Å²) in [5.41, 5.74) is 1.42. The number of aliphatic hydroxyl groups is 1. The molecule has 0 bridgehead atoms. The molecule has 2 aromatic rings. The van der Waals surface area contributed by atoms with Crippen molar-refractivity contribution in [1.82, 2.24) is 10.1 Å². The van der Waals surface area contributed by atoms with Crippen LogP contribution in [0.2, 0.25) is 0 Å². The van der Waals surface area contributed by atoms with Gasteiger partial charge in [0.1, 0.15) is 5.75 Å². The van der Waals surface area contributed by atoms with Crippen molar-refractivity contribution in [2.24, 2.45) is 5.92 Å². The van der Waals surface area contributed by atoms with Crippen LogP contribution in [-0.4, -0.2) is 23.7 Å². The number of sulfone groups is 1. The van der Waals surface area contributed by atoms with Gasteiger partial charge in [-0.1, -0.05) is 43.3 Å². The second kappa shape index (κ2) is 7.02. The molecule has 7 heteroatoms. The van der Waals surface area contributed by atoms with Crippen LogP contribution in [0.25, 0.3) is 0 Å². The van der Waals surface area contributed by atoms with E-state index < -0.39 is 9.84 Å². The Morgan fingerprint density at radius 3 is 2.36 bits per heavy atom. The van der Waals surface area contributed by atoms with Crippen molar-refractivity contribution < 1.29 is 18.0 Å². The lowest BCUT2D eigenvalue weighted by Gasteiger charge is -2.03. The molecular formula is C15H20N2O4S. The van der Waals surface area contributed by atoms with E-state index in [4.69, 9.17) is 9.63 Å². The highest BCUT2D eigenvalue weighted by Crippen LogP contribution is 2.13. The molecular weight excluding hydrogens is 304 g/mol. The zero-order chi connectivity index (χ0) is 16.2. The quantitative estimate of drug-likeness (QED) is 0.836. The third-order valence-corrected chi connectivity index (χ3v) is 4.51. The van der Waals surface area contributed by atoms with E-state index in [1.54, 1.807) is 24.3 Å². The van der Waals surface area contributed by atoms with E-state index in [0.29, 0.717) is 23.8 Å². The highest BCUT2D eigenvalue weighted by Gasteiger charge is 2.18. The Morgan fingerprint density at radius 2 is 1.77 bits per heavy atom. The Morgan fingerprint density at radius 1 is 1.14 bits per heavy atom. The first-order chi connectivity index (χ1) is 10.4. The Bertz CT molecular complexity index is 705. The molecule has 0 aliphatic rings. The summed E-state index contributed by atoms with van der Waals surface area (Å²) in [7, 11) is -3.37. The van der Waals surface area contributed by atoms with E-state index in [9.17, 15) is 8.42 Å². The molecule has 1 aromatic heterocycles. The number of hydrogen-bond donors (Lipinski definition) is 1. The van der Waals surface area contributed by atoms with Gasteiger partial charge in [-0.3, -0.25) is 0 Å². The molecule has 0 aliphatic carbocycles. The van der Waals surface area contributed by atoms with Crippen molar-refractivity contribution in [3.8, 4) is 0 Å². The smallest absolute Gasteiger partial charge is 0.226 e. The van der Waals surface area contributed by atoms with Crippen molar-refractivity contribution >= 4 is 9.84 Å². The number of hydrogen-bond acceptors (Lipinski definition) is 6. The zero-order valence-electron chi connectivity index (χ0n) is 12.7. The predicted octanol–water partition coefficient (Wildman–Crippen LogP) is 1.88. The third-order valence-electron chi connectivity index (χ3n) is 3.03. The summed E-state index contributed by atoms with van der Waals surface area (Å²) < 4.78 is 29.4. The largest absolute Gasteiger partial charge is 0.392 e. The lowest BCUT2D eigenvalue weighted by molar-refractivity contribution is 0.282. The molecule has 2 rings (SSSR count). The van der Waals surface area contributed by atoms with Gasteiger partial charge >= 0.3 is 0 Å². The molecule has 0 unspecified atom stereocenters. The van der Waals surface area contributed by atoms with E-state index in [-0.39, 0.29) is 23.9 Å². The standard InChI is InChI=1S/C15H20N2O4S/c1-11(2)7-15-16-14(17-21-15)10-22(19,20)9-13-5-3-12(8-18)4-6-13/h3-6,11,18H,7-10H2,1-2H3. The number of aliphatic hydroxyl groups excluding tert-OH is 1. The molecule has 6 nitrogen and oxygen atoms in total. The van der Waals surface area contributed by atoms with E-state index in [0.717, 1.165) is 5.56 Å². The van der Waals surface area contributed by atoms with Gasteiger partial charge in [-0.2, -0.15) is 4.98 Å². The van der Waals surface area contributed by atoms with E-state index >= 15 is 0 Å². The van der Waals surface area contributed by atoms with Crippen LogP contribution >= 0.6 is 0 Å². The highest BCUT2D eigenvalue weighted by atomic mass is 32.2. The molecule has 0 aliphatic heterocycles. The van der Waals surface area contributed by atoms with Crippen LogP contribution in [0.15, 0.2) is 28.8 Å². The minimum absolute atomic E-state index is 0.0610. The molecule has 0 fully saturated rings. The molecule has 0 amide bonds. The van der Waals surface area contributed by atoms with Gasteiger partial charge in [0.2, 0.25) is 5.89 Å². The monoisotopic (exact) mass is 324 g/mol. The van der Waals surface area contributed by atoms with Crippen LogP contribution in [0.3, 0.4) is 0 Å². The van der Waals surface area contributed by atoms with Gasteiger partial charge in [0.25, 0.3) is 0 Å². The van der Waals surface area contributed by atoms with Crippen LogP contribution in [0.5, 0.6) is 0 Å². The molecule has 0 spiro atoms. The zero-order valence-corrected chi connectivity index (χ0v) is 13.5. The van der Waals surface area contributed by atoms with Crippen LogP contribution in [0, 0.1) is 5.92 Å². The van der Waals surface area contributed by atoms with Crippen LogP contribution < -0.4 is 0 Å². The first-order valence-electron chi connectivity index (χ1n) is 7.08. The SMILES string of the molecule is CC(C)Cc1nc(CS(=O)(=O)Cc2ccc(CO)cc2)no1. The minimum atomic E-state index is -3.37. The first-order valence-corrected chi connectivity index (χ1v) is 8.90. The number of nitrogens with zero attached hydrogens (tertiary/aromatic N) is 2. The van der Waals surface area contributed by atoms with Gasteiger partial charge in [-0.25, -0.2) is 8.42 Å². The van der Waals surface area contributed by atoms with Crippen molar-refractivity contribution in [2.45, 2.75) is 38.4 Å². The maximum atomic E-state index is 12.2. The van der Waals surface area contributed by atoms with Gasteiger partial charge in [0, 0.05) is 6.42 Å². The lowest BCUT2D eigenvalue weighted by atomic mass is 10.1. The van der Waals surface area contributed by atoms with E-state index in [2.05, 4.69) is 10.1 Å². The molecule has 0 saturated carbocycles. The molecule has 0 saturated heterocycles. The van der Waals surface area contributed by atoms with E-state index in [1.807, 2.05) is 13.8 Å². The minimum Gasteiger partial charge on any atom is -0.392 e. The fourth-order valence-corrected chi connectivity index (χ4v) is 3.34. The normalized spacial score (nSPS) is 12.0. The average Bonchev–Trinajstić information content (AvgIpc) is 2.84. The van der Waals surface area contributed by atoms with Gasteiger partial charge in [-0.15, -0.1) is 0 Å². The van der Waals surface area contributed by atoms with Crippen molar-refractivity contribution in [2.75, 3.05) is 0 Å². The second-order valence-corrected chi connectivity index (χ2v) is 7.77.